The van der Waals surface area contributed by atoms with Crippen molar-refractivity contribution in [2.24, 2.45) is 4.99 Å². The first-order valence-electron chi connectivity index (χ1n) is 10.3. The standard InChI is InChI=1S/C28H25NO/c1-4-10-23(11-5-1)20-28(26-14-8-3-9-15-26)29-21-24-16-18-27(19-17-24)30-22-25-12-6-2-7-13-25/h1-19,21,28H,20,22H2/b29-21+. The largest absolute Gasteiger partial charge is 0.489 e. The van der Waals surface area contributed by atoms with Crippen molar-refractivity contribution in [1.29, 1.82) is 0 Å². The molecule has 0 saturated heterocycles. The van der Waals surface area contributed by atoms with Gasteiger partial charge in [-0.15, -0.1) is 0 Å². The van der Waals surface area contributed by atoms with Gasteiger partial charge in [0.1, 0.15) is 12.4 Å². The summed E-state index contributed by atoms with van der Waals surface area (Å²) in [6.45, 7) is 0.571. The fraction of sp³-hybridized carbons (Fsp3) is 0.107. The number of rotatable bonds is 8. The molecule has 0 heterocycles. The molecule has 2 nitrogen and oxygen atoms in total. The van der Waals surface area contributed by atoms with Crippen molar-refractivity contribution in [2.45, 2.75) is 19.1 Å². The van der Waals surface area contributed by atoms with Crippen molar-refractivity contribution in [3.8, 4) is 5.75 Å². The van der Waals surface area contributed by atoms with Crippen LogP contribution in [0.5, 0.6) is 5.75 Å². The number of nitrogens with zero attached hydrogens (tertiary/aromatic N) is 1. The lowest BCUT2D eigenvalue weighted by Gasteiger charge is -2.13. The molecule has 148 valence electrons. The average molecular weight is 392 g/mol. The van der Waals surface area contributed by atoms with Crippen LogP contribution < -0.4 is 4.74 Å². The van der Waals surface area contributed by atoms with Gasteiger partial charge < -0.3 is 4.74 Å². The zero-order valence-electron chi connectivity index (χ0n) is 16.9. The summed E-state index contributed by atoms with van der Waals surface area (Å²) in [5.74, 6) is 0.861. The molecule has 0 N–H and O–H groups in total. The molecule has 4 rings (SSSR count). The number of hydrogen-bond acceptors (Lipinski definition) is 2. The molecule has 0 spiro atoms. The Kier molecular flexibility index (Phi) is 6.70. The van der Waals surface area contributed by atoms with Crippen molar-refractivity contribution in [1.82, 2.24) is 0 Å². The molecule has 0 aliphatic rings. The molecule has 4 aromatic carbocycles. The van der Waals surface area contributed by atoms with Crippen LogP contribution in [0.25, 0.3) is 0 Å². The summed E-state index contributed by atoms with van der Waals surface area (Å²) in [5.41, 5.74) is 4.74. The lowest BCUT2D eigenvalue weighted by Crippen LogP contribution is -2.01. The number of hydrogen-bond donors (Lipinski definition) is 0. The molecule has 4 aromatic rings. The maximum Gasteiger partial charge on any atom is 0.119 e. The highest BCUT2D eigenvalue weighted by Gasteiger charge is 2.10. The average Bonchev–Trinajstić information content (AvgIpc) is 2.83. The van der Waals surface area contributed by atoms with Gasteiger partial charge in [0, 0.05) is 6.21 Å². The van der Waals surface area contributed by atoms with E-state index in [1.165, 1.54) is 11.1 Å². The molecule has 0 amide bonds. The van der Waals surface area contributed by atoms with Gasteiger partial charge in [0.05, 0.1) is 6.04 Å². The molecule has 0 radical (unpaired) electrons. The maximum atomic E-state index is 5.88. The third-order valence-corrected chi connectivity index (χ3v) is 4.99. The zero-order chi connectivity index (χ0) is 20.4. The monoisotopic (exact) mass is 391 g/mol. The Balaban J connectivity index is 1.44. The van der Waals surface area contributed by atoms with Crippen LogP contribution in [0.2, 0.25) is 0 Å². The molecule has 30 heavy (non-hydrogen) atoms. The first-order chi connectivity index (χ1) is 14.9. The third-order valence-electron chi connectivity index (χ3n) is 4.99. The third kappa shape index (κ3) is 5.68. The Morgan fingerprint density at radius 3 is 1.83 bits per heavy atom. The summed E-state index contributed by atoms with van der Waals surface area (Å²) in [4.78, 5) is 4.92. The fourth-order valence-corrected chi connectivity index (χ4v) is 3.34. The van der Waals surface area contributed by atoms with Crippen molar-refractivity contribution < 1.29 is 4.74 Å². The minimum atomic E-state index is 0.0857. The highest BCUT2D eigenvalue weighted by Crippen LogP contribution is 2.22. The van der Waals surface area contributed by atoms with Crippen LogP contribution in [0.1, 0.15) is 28.3 Å². The summed E-state index contributed by atoms with van der Waals surface area (Å²) >= 11 is 0. The van der Waals surface area contributed by atoms with Crippen LogP contribution in [0.15, 0.2) is 120 Å². The van der Waals surface area contributed by atoms with E-state index in [-0.39, 0.29) is 6.04 Å². The maximum absolute atomic E-state index is 5.88. The van der Waals surface area contributed by atoms with Gasteiger partial charge in [0.2, 0.25) is 0 Å². The Hall–Kier alpha value is -3.65. The van der Waals surface area contributed by atoms with E-state index in [9.17, 15) is 0 Å². The summed E-state index contributed by atoms with van der Waals surface area (Å²) in [5, 5.41) is 0. The van der Waals surface area contributed by atoms with Gasteiger partial charge >= 0.3 is 0 Å². The van der Waals surface area contributed by atoms with Gasteiger partial charge in [-0.2, -0.15) is 0 Å². The van der Waals surface area contributed by atoms with Gasteiger partial charge in [0.15, 0.2) is 0 Å². The molecule has 0 aliphatic heterocycles. The molecule has 0 saturated carbocycles. The second-order valence-electron chi connectivity index (χ2n) is 7.24. The number of aliphatic imine (C=N–C) groups is 1. The summed E-state index contributed by atoms with van der Waals surface area (Å²) < 4.78 is 5.88. The second-order valence-corrected chi connectivity index (χ2v) is 7.24. The van der Waals surface area contributed by atoms with Gasteiger partial charge in [-0.3, -0.25) is 4.99 Å². The molecule has 0 fully saturated rings. The molecule has 0 aliphatic carbocycles. The van der Waals surface area contributed by atoms with Gasteiger partial charge in [-0.05, 0) is 52.9 Å². The summed E-state index contributed by atoms with van der Waals surface area (Å²) in [6.07, 6.45) is 2.83. The molecule has 1 unspecified atom stereocenters. The van der Waals surface area contributed by atoms with Crippen LogP contribution in [-0.4, -0.2) is 6.21 Å². The lowest BCUT2D eigenvalue weighted by molar-refractivity contribution is 0.306. The highest BCUT2D eigenvalue weighted by atomic mass is 16.5. The van der Waals surface area contributed by atoms with E-state index in [0.717, 1.165) is 23.3 Å². The molecular formula is C28H25NO. The van der Waals surface area contributed by atoms with Crippen LogP contribution in [-0.2, 0) is 13.0 Å². The predicted octanol–water partition coefficient (Wildman–Crippen LogP) is 6.67. The van der Waals surface area contributed by atoms with Gasteiger partial charge in [-0.25, -0.2) is 0 Å². The van der Waals surface area contributed by atoms with E-state index in [4.69, 9.17) is 9.73 Å². The van der Waals surface area contributed by atoms with Crippen LogP contribution in [0.4, 0.5) is 0 Å². The van der Waals surface area contributed by atoms with E-state index in [2.05, 4.69) is 60.7 Å². The minimum Gasteiger partial charge on any atom is -0.489 e. The predicted molar refractivity (Wildman–Crippen MR) is 124 cm³/mol. The highest BCUT2D eigenvalue weighted by molar-refractivity contribution is 5.80. The fourth-order valence-electron chi connectivity index (χ4n) is 3.34. The second kappa shape index (κ2) is 10.2. The van der Waals surface area contributed by atoms with E-state index in [0.29, 0.717) is 6.61 Å². The van der Waals surface area contributed by atoms with E-state index in [1.807, 2.05) is 60.8 Å². The topological polar surface area (TPSA) is 21.6 Å². The normalized spacial score (nSPS) is 12.0. The first kappa shape index (κ1) is 19.7. The van der Waals surface area contributed by atoms with Gasteiger partial charge in [-0.1, -0.05) is 91.0 Å². The van der Waals surface area contributed by atoms with Crippen LogP contribution >= 0.6 is 0 Å². The quantitative estimate of drug-likeness (QED) is 0.307. The van der Waals surface area contributed by atoms with E-state index >= 15 is 0 Å². The Bertz CT molecular complexity index is 1040. The first-order valence-corrected chi connectivity index (χ1v) is 10.3. The van der Waals surface area contributed by atoms with Crippen LogP contribution in [0, 0.1) is 0 Å². The minimum absolute atomic E-state index is 0.0857. The van der Waals surface area contributed by atoms with Crippen molar-refractivity contribution in [2.75, 3.05) is 0 Å². The summed E-state index contributed by atoms with van der Waals surface area (Å²) in [6, 6.07) is 39.4. The molecule has 0 aromatic heterocycles. The Morgan fingerprint density at radius 2 is 1.20 bits per heavy atom. The number of ether oxygens (including phenoxy) is 1. The zero-order valence-corrected chi connectivity index (χ0v) is 16.9. The van der Waals surface area contributed by atoms with Crippen molar-refractivity contribution in [3.63, 3.8) is 0 Å². The molecular weight excluding hydrogens is 366 g/mol. The van der Waals surface area contributed by atoms with Gasteiger partial charge in [0.25, 0.3) is 0 Å². The number of benzene rings is 4. The Morgan fingerprint density at radius 1 is 0.633 bits per heavy atom. The Labute approximate surface area is 178 Å². The lowest BCUT2D eigenvalue weighted by atomic mass is 9.99. The van der Waals surface area contributed by atoms with Crippen LogP contribution in [0.3, 0.4) is 0 Å². The SMILES string of the molecule is C(=N\C(Cc1ccccc1)c1ccccc1)/c1ccc(OCc2ccccc2)cc1. The van der Waals surface area contributed by atoms with Crippen molar-refractivity contribution in [3.05, 3.63) is 138 Å². The molecule has 0 bridgehead atoms. The molecule has 1 atom stereocenters. The van der Waals surface area contributed by atoms with Crippen molar-refractivity contribution >= 4 is 6.21 Å². The van der Waals surface area contributed by atoms with E-state index in [1.54, 1.807) is 0 Å². The smallest absolute Gasteiger partial charge is 0.119 e. The molecule has 2 heteroatoms. The summed E-state index contributed by atoms with van der Waals surface area (Å²) in [7, 11) is 0. The van der Waals surface area contributed by atoms with E-state index < -0.39 is 0 Å².